The molecule has 1 N–H and O–H groups in total. The van der Waals surface area contributed by atoms with E-state index in [1.165, 1.54) is 44.9 Å². The highest BCUT2D eigenvalue weighted by atomic mass is 17.3. The van der Waals surface area contributed by atoms with Gasteiger partial charge in [-0.1, -0.05) is 82.2 Å². The van der Waals surface area contributed by atoms with E-state index in [0.717, 1.165) is 18.5 Å². The third-order valence-electron chi connectivity index (χ3n) is 3.32. The summed E-state index contributed by atoms with van der Waals surface area (Å²) < 4.78 is 0. The second-order valence-electron chi connectivity index (χ2n) is 5.20. The van der Waals surface area contributed by atoms with Gasteiger partial charge in [0.25, 0.3) is 0 Å². The summed E-state index contributed by atoms with van der Waals surface area (Å²) in [4.78, 5) is 10.0. The normalized spacial score (nSPS) is 10.8. The van der Waals surface area contributed by atoms with Gasteiger partial charge in [0.05, 0.1) is 0 Å². The lowest BCUT2D eigenvalue weighted by Crippen LogP contribution is -2.16. The third-order valence-corrected chi connectivity index (χ3v) is 3.32. The van der Waals surface area contributed by atoms with Crippen molar-refractivity contribution in [2.24, 2.45) is 0 Å². The molecule has 0 bridgehead atoms. The molecule has 0 aliphatic carbocycles. The molecule has 0 aromatic heterocycles. The highest BCUT2D eigenvalue weighted by Gasteiger charge is 1.94. The van der Waals surface area contributed by atoms with E-state index in [1.54, 1.807) is 0 Å². The van der Waals surface area contributed by atoms with E-state index in [0.29, 0.717) is 6.61 Å². The molecule has 20 heavy (non-hydrogen) atoms. The number of hydrogen-bond donors (Lipinski definition) is 1. The monoisotopic (exact) mass is 279 g/mol. The standard InChI is InChI=1S/C17H29NO2/c1-2-3-4-5-6-7-8-12-15-18-20-19-16-17-13-10-9-11-14-17/h9-11,13-14,18H,2-8,12,15-16H2,1H3. The lowest BCUT2D eigenvalue weighted by molar-refractivity contribution is -0.344. The van der Waals surface area contributed by atoms with Crippen molar-refractivity contribution in [2.75, 3.05) is 6.54 Å². The largest absolute Gasteiger partial charge is 0.213 e. The van der Waals surface area contributed by atoms with E-state index in [-0.39, 0.29) is 0 Å². The molecule has 3 nitrogen and oxygen atoms in total. The molecule has 0 saturated heterocycles. The molecule has 0 aliphatic rings. The van der Waals surface area contributed by atoms with E-state index in [4.69, 9.17) is 9.88 Å². The van der Waals surface area contributed by atoms with Crippen LogP contribution in [0.25, 0.3) is 0 Å². The Morgan fingerprint density at radius 3 is 2.20 bits per heavy atom. The van der Waals surface area contributed by atoms with Gasteiger partial charge in [-0.2, -0.15) is 5.48 Å². The minimum atomic E-state index is 0.477. The van der Waals surface area contributed by atoms with Gasteiger partial charge in [-0.3, -0.25) is 0 Å². The summed E-state index contributed by atoms with van der Waals surface area (Å²) >= 11 is 0. The number of unbranched alkanes of at least 4 members (excludes halogenated alkanes) is 7. The average molecular weight is 279 g/mol. The van der Waals surface area contributed by atoms with Gasteiger partial charge < -0.3 is 0 Å². The Labute approximate surface area is 123 Å². The Morgan fingerprint density at radius 2 is 1.50 bits per heavy atom. The number of hydrogen-bond acceptors (Lipinski definition) is 3. The molecule has 0 fully saturated rings. The number of rotatable bonds is 13. The van der Waals surface area contributed by atoms with Gasteiger partial charge in [0, 0.05) is 6.54 Å². The predicted molar refractivity (Wildman–Crippen MR) is 82.9 cm³/mol. The van der Waals surface area contributed by atoms with Crippen molar-refractivity contribution in [2.45, 2.75) is 64.9 Å². The third kappa shape index (κ3) is 9.96. The summed E-state index contributed by atoms with van der Waals surface area (Å²) in [7, 11) is 0. The van der Waals surface area contributed by atoms with Crippen LogP contribution in [0.15, 0.2) is 30.3 Å². The molecule has 1 aromatic rings. The first-order chi connectivity index (χ1) is 9.93. The Hall–Kier alpha value is -0.900. The van der Waals surface area contributed by atoms with E-state index in [2.05, 4.69) is 12.4 Å². The van der Waals surface area contributed by atoms with Gasteiger partial charge in [-0.15, -0.1) is 4.99 Å². The van der Waals surface area contributed by atoms with Gasteiger partial charge in [0.1, 0.15) is 6.61 Å². The maximum atomic E-state index is 5.08. The fourth-order valence-electron chi connectivity index (χ4n) is 2.09. The van der Waals surface area contributed by atoms with E-state index < -0.39 is 0 Å². The molecular formula is C17H29NO2. The Morgan fingerprint density at radius 1 is 0.850 bits per heavy atom. The average Bonchev–Trinajstić information content (AvgIpc) is 2.49. The first-order valence-corrected chi connectivity index (χ1v) is 7.98. The highest BCUT2D eigenvalue weighted by molar-refractivity contribution is 5.13. The number of hydroxylamine groups is 1. The lowest BCUT2D eigenvalue weighted by atomic mass is 10.1. The zero-order valence-corrected chi connectivity index (χ0v) is 12.8. The van der Waals surface area contributed by atoms with Crippen LogP contribution in [0.4, 0.5) is 0 Å². The molecule has 0 unspecified atom stereocenters. The summed E-state index contributed by atoms with van der Waals surface area (Å²) in [5.41, 5.74) is 3.96. The van der Waals surface area contributed by atoms with Crippen molar-refractivity contribution in [3.8, 4) is 0 Å². The maximum Gasteiger partial charge on any atom is 0.109 e. The summed E-state index contributed by atoms with van der Waals surface area (Å²) in [6.07, 6.45) is 10.6. The van der Waals surface area contributed by atoms with Crippen LogP contribution >= 0.6 is 0 Å². The molecule has 114 valence electrons. The van der Waals surface area contributed by atoms with Crippen LogP contribution in [-0.4, -0.2) is 6.54 Å². The molecule has 0 aliphatic heterocycles. The molecule has 1 aromatic carbocycles. The molecule has 3 heteroatoms. The van der Waals surface area contributed by atoms with Gasteiger partial charge >= 0.3 is 0 Å². The van der Waals surface area contributed by atoms with Crippen molar-refractivity contribution < 1.29 is 9.88 Å². The molecule has 0 spiro atoms. The summed E-state index contributed by atoms with van der Waals surface area (Å²) in [6, 6.07) is 10.0. The Kier molecular flexibility index (Phi) is 11.2. The van der Waals surface area contributed by atoms with E-state index in [9.17, 15) is 0 Å². The summed E-state index contributed by atoms with van der Waals surface area (Å²) in [6.45, 7) is 3.58. The van der Waals surface area contributed by atoms with Crippen LogP contribution in [0.5, 0.6) is 0 Å². The van der Waals surface area contributed by atoms with Crippen LogP contribution in [0.2, 0.25) is 0 Å². The smallest absolute Gasteiger partial charge is 0.109 e. The maximum absolute atomic E-state index is 5.08. The van der Waals surface area contributed by atoms with Crippen molar-refractivity contribution in [3.63, 3.8) is 0 Å². The van der Waals surface area contributed by atoms with Crippen LogP contribution in [0, 0.1) is 0 Å². The molecule has 0 atom stereocenters. The quantitative estimate of drug-likeness (QED) is 0.320. The predicted octanol–water partition coefficient (Wildman–Crippen LogP) is 4.78. The van der Waals surface area contributed by atoms with Crippen molar-refractivity contribution >= 4 is 0 Å². The first-order valence-electron chi connectivity index (χ1n) is 7.98. The van der Waals surface area contributed by atoms with Crippen molar-refractivity contribution in [1.82, 2.24) is 5.48 Å². The van der Waals surface area contributed by atoms with Gasteiger partial charge in [-0.05, 0) is 12.0 Å². The zero-order chi connectivity index (χ0) is 14.3. The topological polar surface area (TPSA) is 30.5 Å². The number of nitrogens with one attached hydrogen (secondary N) is 1. The van der Waals surface area contributed by atoms with Crippen LogP contribution in [0.3, 0.4) is 0 Å². The van der Waals surface area contributed by atoms with Gasteiger partial charge in [-0.25, -0.2) is 4.89 Å². The molecule has 0 saturated carbocycles. The van der Waals surface area contributed by atoms with E-state index >= 15 is 0 Å². The first kappa shape index (κ1) is 17.2. The van der Waals surface area contributed by atoms with Crippen LogP contribution in [-0.2, 0) is 16.5 Å². The fraction of sp³-hybridized carbons (Fsp3) is 0.647. The minimum Gasteiger partial charge on any atom is -0.213 e. The van der Waals surface area contributed by atoms with Crippen LogP contribution < -0.4 is 5.48 Å². The van der Waals surface area contributed by atoms with Gasteiger partial charge in [0.2, 0.25) is 0 Å². The Balaban J connectivity index is 1.77. The van der Waals surface area contributed by atoms with Crippen molar-refractivity contribution in [3.05, 3.63) is 35.9 Å². The molecule has 0 radical (unpaired) electrons. The second kappa shape index (κ2) is 13.1. The molecule has 1 rings (SSSR count). The van der Waals surface area contributed by atoms with Gasteiger partial charge in [0.15, 0.2) is 0 Å². The van der Waals surface area contributed by atoms with Crippen LogP contribution in [0.1, 0.15) is 63.9 Å². The molecule has 0 amide bonds. The number of benzene rings is 1. The van der Waals surface area contributed by atoms with E-state index in [1.807, 2.05) is 30.3 Å². The zero-order valence-electron chi connectivity index (χ0n) is 12.8. The lowest BCUT2D eigenvalue weighted by Gasteiger charge is -2.05. The summed E-state index contributed by atoms with van der Waals surface area (Å²) in [5.74, 6) is 0. The second-order valence-corrected chi connectivity index (χ2v) is 5.20. The molecular weight excluding hydrogens is 250 g/mol. The highest BCUT2D eigenvalue weighted by Crippen LogP contribution is 2.07. The SMILES string of the molecule is CCCCCCCCCCNOOCc1ccccc1. The fourth-order valence-corrected chi connectivity index (χ4v) is 2.09. The minimum absolute atomic E-state index is 0.477. The Bertz CT molecular complexity index is 303. The van der Waals surface area contributed by atoms with Crippen molar-refractivity contribution in [1.29, 1.82) is 0 Å². The summed E-state index contributed by atoms with van der Waals surface area (Å²) in [5, 5.41) is 0. The molecule has 0 heterocycles.